The van der Waals surface area contributed by atoms with Gasteiger partial charge in [-0.1, -0.05) is 24.3 Å². The number of benzene rings is 1. The fourth-order valence-corrected chi connectivity index (χ4v) is 1.77. The zero-order valence-electron chi connectivity index (χ0n) is 11.6. The predicted octanol–water partition coefficient (Wildman–Crippen LogP) is 3.59. The van der Waals surface area contributed by atoms with Crippen molar-refractivity contribution in [2.75, 3.05) is 18.0 Å². The Labute approximate surface area is 123 Å². The van der Waals surface area contributed by atoms with E-state index in [9.17, 15) is 4.39 Å². The molecule has 0 amide bonds. The van der Waals surface area contributed by atoms with E-state index in [1.807, 2.05) is 4.90 Å². The zero-order valence-corrected chi connectivity index (χ0v) is 11.6. The van der Waals surface area contributed by atoms with E-state index in [-0.39, 0.29) is 11.6 Å². The lowest BCUT2D eigenvalue weighted by atomic mass is 10.3. The largest absolute Gasteiger partial charge is 0.436 e. The quantitative estimate of drug-likeness (QED) is 0.729. The van der Waals surface area contributed by atoms with Crippen LogP contribution >= 0.6 is 0 Å². The van der Waals surface area contributed by atoms with Gasteiger partial charge in [0.1, 0.15) is 12.1 Å². The molecule has 1 aromatic carbocycles. The molecule has 0 aliphatic carbocycles. The number of hydrogen-bond donors (Lipinski definition) is 0. The van der Waals surface area contributed by atoms with Crippen LogP contribution in [0.1, 0.15) is 0 Å². The number of rotatable bonds is 7. The Hall–Kier alpha value is -2.69. The highest BCUT2D eigenvalue weighted by atomic mass is 19.1. The van der Waals surface area contributed by atoms with Crippen molar-refractivity contribution < 1.29 is 9.13 Å². The second-order valence-electron chi connectivity index (χ2n) is 4.23. The number of halogens is 1. The molecule has 5 heteroatoms. The summed E-state index contributed by atoms with van der Waals surface area (Å²) in [6.45, 7) is 8.65. The SMILES string of the molecule is C=CCN(CC=C)c1cc(Oc2ccccc2F)ncn1. The standard InChI is InChI=1S/C16H16FN3O/c1-3-9-20(10-4-2)15-11-16(19-12-18-15)21-14-8-6-5-7-13(14)17/h3-8,11-12H,1-2,9-10H2. The van der Waals surface area contributed by atoms with E-state index in [1.165, 1.54) is 12.4 Å². The molecule has 4 nitrogen and oxygen atoms in total. The van der Waals surface area contributed by atoms with Crippen LogP contribution in [-0.4, -0.2) is 23.1 Å². The summed E-state index contributed by atoms with van der Waals surface area (Å²) in [6, 6.07) is 7.83. The summed E-state index contributed by atoms with van der Waals surface area (Å²) in [4.78, 5) is 10.1. The molecular formula is C16H16FN3O. The van der Waals surface area contributed by atoms with Crippen LogP contribution in [0.4, 0.5) is 10.2 Å². The van der Waals surface area contributed by atoms with Gasteiger partial charge in [0.2, 0.25) is 5.88 Å². The number of aromatic nitrogens is 2. The second kappa shape index (κ2) is 7.19. The van der Waals surface area contributed by atoms with Gasteiger partial charge in [-0.25, -0.2) is 14.4 Å². The van der Waals surface area contributed by atoms with Crippen molar-refractivity contribution in [3.05, 3.63) is 67.8 Å². The summed E-state index contributed by atoms with van der Waals surface area (Å²) >= 11 is 0. The molecule has 2 aromatic rings. The summed E-state index contributed by atoms with van der Waals surface area (Å²) in [5.41, 5.74) is 0. The van der Waals surface area contributed by atoms with Crippen LogP contribution in [0.25, 0.3) is 0 Å². The van der Waals surface area contributed by atoms with Crippen molar-refractivity contribution in [1.29, 1.82) is 0 Å². The maximum atomic E-state index is 13.6. The second-order valence-corrected chi connectivity index (χ2v) is 4.23. The lowest BCUT2D eigenvalue weighted by molar-refractivity contribution is 0.426. The Morgan fingerprint density at radius 1 is 1.14 bits per heavy atom. The number of anilines is 1. The molecule has 0 saturated carbocycles. The minimum Gasteiger partial charge on any atom is -0.436 e. The molecule has 21 heavy (non-hydrogen) atoms. The Kier molecular flexibility index (Phi) is 5.04. The van der Waals surface area contributed by atoms with Crippen molar-refractivity contribution in [3.63, 3.8) is 0 Å². The number of para-hydroxylation sites is 1. The van der Waals surface area contributed by atoms with Crippen LogP contribution < -0.4 is 9.64 Å². The van der Waals surface area contributed by atoms with Gasteiger partial charge >= 0.3 is 0 Å². The van der Waals surface area contributed by atoms with Crippen LogP contribution in [0.2, 0.25) is 0 Å². The van der Waals surface area contributed by atoms with Gasteiger partial charge in [0, 0.05) is 19.2 Å². The Balaban J connectivity index is 2.22. The molecule has 0 bridgehead atoms. The molecule has 0 radical (unpaired) electrons. The van der Waals surface area contributed by atoms with Crippen molar-refractivity contribution in [1.82, 2.24) is 9.97 Å². The van der Waals surface area contributed by atoms with Crippen LogP contribution in [0.5, 0.6) is 11.6 Å². The fourth-order valence-electron chi connectivity index (χ4n) is 1.77. The molecule has 0 saturated heterocycles. The van der Waals surface area contributed by atoms with E-state index < -0.39 is 5.82 Å². The minimum absolute atomic E-state index is 0.126. The van der Waals surface area contributed by atoms with Crippen molar-refractivity contribution >= 4 is 5.82 Å². The van der Waals surface area contributed by atoms with Crippen molar-refractivity contribution in [3.8, 4) is 11.6 Å². The van der Waals surface area contributed by atoms with Gasteiger partial charge in [0.25, 0.3) is 0 Å². The summed E-state index contributed by atoms with van der Waals surface area (Å²) in [7, 11) is 0. The lowest BCUT2D eigenvalue weighted by Gasteiger charge is -2.20. The van der Waals surface area contributed by atoms with Crippen molar-refractivity contribution in [2.45, 2.75) is 0 Å². The fraction of sp³-hybridized carbons (Fsp3) is 0.125. The van der Waals surface area contributed by atoms with Gasteiger partial charge in [-0.3, -0.25) is 0 Å². The number of hydrogen-bond acceptors (Lipinski definition) is 4. The minimum atomic E-state index is -0.438. The molecule has 0 spiro atoms. The molecule has 0 unspecified atom stereocenters. The smallest absolute Gasteiger partial charge is 0.224 e. The zero-order chi connectivity index (χ0) is 15.1. The number of ether oxygens (including phenoxy) is 1. The molecule has 0 fully saturated rings. The van der Waals surface area contributed by atoms with E-state index in [0.29, 0.717) is 18.9 Å². The first kappa shape index (κ1) is 14.7. The monoisotopic (exact) mass is 285 g/mol. The van der Waals surface area contributed by atoms with E-state index in [4.69, 9.17) is 4.74 Å². The van der Waals surface area contributed by atoms with Gasteiger partial charge in [-0.2, -0.15) is 0 Å². The topological polar surface area (TPSA) is 38.2 Å². The molecule has 108 valence electrons. The lowest BCUT2D eigenvalue weighted by Crippen LogP contribution is -2.24. The molecular weight excluding hydrogens is 269 g/mol. The van der Waals surface area contributed by atoms with Crippen molar-refractivity contribution in [2.24, 2.45) is 0 Å². The van der Waals surface area contributed by atoms with Gasteiger partial charge in [-0.15, -0.1) is 13.2 Å². The number of nitrogens with zero attached hydrogens (tertiary/aromatic N) is 3. The Bertz CT molecular complexity index is 620. The molecule has 1 heterocycles. The Morgan fingerprint density at radius 3 is 2.52 bits per heavy atom. The van der Waals surface area contributed by atoms with Crippen LogP contribution in [-0.2, 0) is 0 Å². The summed E-state index contributed by atoms with van der Waals surface area (Å²) in [5, 5.41) is 0. The van der Waals surface area contributed by atoms with Crippen LogP contribution in [0.15, 0.2) is 62.0 Å². The molecule has 1 aromatic heterocycles. The maximum Gasteiger partial charge on any atom is 0.224 e. The van der Waals surface area contributed by atoms with Gasteiger partial charge in [-0.05, 0) is 12.1 Å². The van der Waals surface area contributed by atoms with Crippen LogP contribution in [0.3, 0.4) is 0 Å². The maximum absolute atomic E-state index is 13.6. The first-order valence-corrected chi connectivity index (χ1v) is 6.45. The van der Waals surface area contributed by atoms with Crippen LogP contribution in [0, 0.1) is 5.82 Å². The first-order chi connectivity index (χ1) is 10.2. The highest BCUT2D eigenvalue weighted by Gasteiger charge is 2.09. The molecule has 0 aliphatic heterocycles. The third-order valence-corrected chi connectivity index (χ3v) is 2.70. The normalized spacial score (nSPS) is 9.95. The average molecular weight is 285 g/mol. The predicted molar refractivity (Wildman–Crippen MR) is 81.1 cm³/mol. The highest BCUT2D eigenvalue weighted by Crippen LogP contribution is 2.24. The summed E-state index contributed by atoms with van der Waals surface area (Å²) in [5.74, 6) is 0.632. The molecule has 0 aliphatic rings. The van der Waals surface area contributed by atoms with Gasteiger partial charge < -0.3 is 9.64 Å². The average Bonchev–Trinajstić information content (AvgIpc) is 2.50. The summed E-state index contributed by atoms with van der Waals surface area (Å²) in [6.07, 6.45) is 4.91. The van der Waals surface area contributed by atoms with E-state index in [2.05, 4.69) is 23.1 Å². The van der Waals surface area contributed by atoms with E-state index >= 15 is 0 Å². The van der Waals surface area contributed by atoms with Gasteiger partial charge in [0.15, 0.2) is 11.6 Å². The van der Waals surface area contributed by atoms with E-state index in [1.54, 1.807) is 36.4 Å². The highest BCUT2D eigenvalue weighted by molar-refractivity contribution is 5.43. The third kappa shape index (κ3) is 3.89. The molecule has 0 N–H and O–H groups in total. The molecule has 0 atom stereocenters. The van der Waals surface area contributed by atoms with E-state index in [0.717, 1.165) is 0 Å². The van der Waals surface area contributed by atoms with Gasteiger partial charge in [0.05, 0.1) is 0 Å². The summed E-state index contributed by atoms with van der Waals surface area (Å²) < 4.78 is 19.0. The molecule has 2 rings (SSSR count). The third-order valence-electron chi connectivity index (χ3n) is 2.70. The Morgan fingerprint density at radius 2 is 1.86 bits per heavy atom. The first-order valence-electron chi connectivity index (χ1n) is 6.45.